The molecule has 1 aliphatic rings. The molecular weight excluding hydrogens is 242 g/mol. The summed E-state index contributed by atoms with van der Waals surface area (Å²) < 4.78 is 5.68. The van der Waals surface area contributed by atoms with Crippen molar-refractivity contribution in [3.05, 3.63) is 23.4 Å². The van der Waals surface area contributed by atoms with Crippen LogP contribution in [0.1, 0.15) is 48.0 Å². The van der Waals surface area contributed by atoms with Crippen LogP contribution in [0.15, 0.2) is 12.3 Å². The van der Waals surface area contributed by atoms with Gasteiger partial charge in [-0.3, -0.25) is 4.79 Å². The SMILES string of the molecule is Cc1ccnc(OCC2(N)CCCCC2)c1C(N)=O. The number of hydrogen-bond donors (Lipinski definition) is 2. The minimum absolute atomic E-state index is 0.294. The molecule has 1 aliphatic carbocycles. The maximum atomic E-state index is 11.4. The third kappa shape index (κ3) is 3.23. The number of amides is 1. The molecule has 1 fully saturated rings. The zero-order valence-electron chi connectivity index (χ0n) is 11.3. The van der Waals surface area contributed by atoms with Crippen molar-refractivity contribution in [2.45, 2.75) is 44.6 Å². The van der Waals surface area contributed by atoms with Crippen LogP contribution in [0.4, 0.5) is 0 Å². The zero-order valence-corrected chi connectivity index (χ0v) is 11.3. The van der Waals surface area contributed by atoms with Gasteiger partial charge in [0.2, 0.25) is 5.88 Å². The summed E-state index contributed by atoms with van der Waals surface area (Å²) >= 11 is 0. The van der Waals surface area contributed by atoms with Crippen molar-refractivity contribution in [3.63, 3.8) is 0 Å². The normalized spacial score (nSPS) is 18.0. The van der Waals surface area contributed by atoms with Crippen LogP contribution in [0, 0.1) is 6.92 Å². The van der Waals surface area contributed by atoms with E-state index in [1.54, 1.807) is 12.3 Å². The standard InChI is InChI=1S/C14H21N3O2/c1-10-5-8-17-13(11(10)12(15)18)19-9-14(16)6-3-2-4-7-14/h5,8H,2-4,6-7,9,16H2,1H3,(H2,15,18). The molecule has 0 unspecified atom stereocenters. The van der Waals surface area contributed by atoms with Gasteiger partial charge in [0, 0.05) is 6.20 Å². The molecule has 0 bridgehead atoms. The van der Waals surface area contributed by atoms with Gasteiger partial charge in [-0.05, 0) is 31.4 Å². The first kappa shape index (κ1) is 13.8. The van der Waals surface area contributed by atoms with Gasteiger partial charge in [0.15, 0.2) is 0 Å². The van der Waals surface area contributed by atoms with E-state index in [9.17, 15) is 4.79 Å². The average molecular weight is 263 g/mol. The Morgan fingerprint density at radius 2 is 2.11 bits per heavy atom. The van der Waals surface area contributed by atoms with Crippen LogP contribution in [0.25, 0.3) is 0 Å². The van der Waals surface area contributed by atoms with Gasteiger partial charge in [-0.15, -0.1) is 0 Å². The minimum atomic E-state index is -0.518. The monoisotopic (exact) mass is 263 g/mol. The van der Waals surface area contributed by atoms with E-state index in [2.05, 4.69) is 4.98 Å². The Balaban J connectivity index is 2.11. The smallest absolute Gasteiger partial charge is 0.254 e. The molecule has 104 valence electrons. The fourth-order valence-corrected chi connectivity index (χ4v) is 2.55. The topological polar surface area (TPSA) is 91.2 Å². The van der Waals surface area contributed by atoms with Gasteiger partial charge >= 0.3 is 0 Å². The molecule has 5 nitrogen and oxygen atoms in total. The number of nitrogens with zero attached hydrogens (tertiary/aromatic N) is 1. The van der Waals surface area contributed by atoms with Crippen molar-refractivity contribution in [1.29, 1.82) is 0 Å². The molecule has 4 N–H and O–H groups in total. The third-order valence-corrected chi connectivity index (χ3v) is 3.72. The van der Waals surface area contributed by atoms with Gasteiger partial charge in [0.05, 0.1) is 5.54 Å². The molecule has 0 aliphatic heterocycles. The van der Waals surface area contributed by atoms with Crippen LogP contribution in [0.2, 0.25) is 0 Å². The highest BCUT2D eigenvalue weighted by molar-refractivity contribution is 5.96. The van der Waals surface area contributed by atoms with Crippen LogP contribution >= 0.6 is 0 Å². The number of hydrogen-bond acceptors (Lipinski definition) is 4. The number of pyridine rings is 1. The summed E-state index contributed by atoms with van der Waals surface area (Å²) in [4.78, 5) is 15.5. The molecule has 19 heavy (non-hydrogen) atoms. The summed E-state index contributed by atoms with van der Waals surface area (Å²) in [6.45, 7) is 2.19. The second kappa shape index (κ2) is 5.57. The molecule has 0 aromatic carbocycles. The number of carbonyl (C=O) groups excluding carboxylic acids is 1. The maximum absolute atomic E-state index is 11.4. The molecule has 0 atom stereocenters. The van der Waals surface area contributed by atoms with E-state index < -0.39 is 5.91 Å². The largest absolute Gasteiger partial charge is 0.475 e. The predicted octanol–water partition coefficient (Wildman–Crippen LogP) is 1.53. The van der Waals surface area contributed by atoms with E-state index in [0.29, 0.717) is 18.1 Å². The van der Waals surface area contributed by atoms with Crippen LogP contribution < -0.4 is 16.2 Å². The fraction of sp³-hybridized carbons (Fsp3) is 0.571. The summed E-state index contributed by atoms with van der Waals surface area (Å²) in [5, 5.41) is 0. The summed E-state index contributed by atoms with van der Waals surface area (Å²) in [5.74, 6) is -0.224. The lowest BCUT2D eigenvalue weighted by molar-refractivity contribution is 0.0990. The van der Waals surface area contributed by atoms with Crippen LogP contribution in [-0.4, -0.2) is 23.0 Å². The molecule has 1 amide bonds. The van der Waals surface area contributed by atoms with Gasteiger partial charge in [-0.25, -0.2) is 4.98 Å². The summed E-state index contributed by atoms with van der Waals surface area (Å²) in [6, 6.07) is 1.74. The quantitative estimate of drug-likeness (QED) is 0.861. The molecule has 0 saturated heterocycles. The Morgan fingerprint density at radius 3 is 2.74 bits per heavy atom. The molecular formula is C14H21N3O2. The van der Waals surface area contributed by atoms with Crippen molar-refractivity contribution in [1.82, 2.24) is 4.98 Å². The van der Waals surface area contributed by atoms with Crippen molar-refractivity contribution >= 4 is 5.91 Å². The second-order valence-electron chi connectivity index (χ2n) is 5.38. The summed E-state index contributed by atoms with van der Waals surface area (Å²) in [6.07, 6.45) is 7.00. The highest BCUT2D eigenvalue weighted by atomic mass is 16.5. The Bertz CT molecular complexity index is 468. The molecule has 5 heteroatoms. The predicted molar refractivity (Wildman–Crippen MR) is 73.0 cm³/mol. The van der Waals surface area contributed by atoms with Crippen molar-refractivity contribution in [2.75, 3.05) is 6.61 Å². The highest BCUT2D eigenvalue weighted by Crippen LogP contribution is 2.27. The number of aromatic nitrogens is 1. The Hall–Kier alpha value is -1.62. The third-order valence-electron chi connectivity index (χ3n) is 3.72. The first-order valence-electron chi connectivity index (χ1n) is 6.69. The first-order valence-corrected chi connectivity index (χ1v) is 6.69. The molecule has 1 saturated carbocycles. The van der Waals surface area contributed by atoms with E-state index in [0.717, 1.165) is 31.2 Å². The van der Waals surface area contributed by atoms with Crippen LogP contribution in [0.3, 0.4) is 0 Å². The molecule has 0 radical (unpaired) electrons. The summed E-state index contributed by atoms with van der Waals surface area (Å²) in [7, 11) is 0. The van der Waals surface area contributed by atoms with Gasteiger partial charge in [-0.2, -0.15) is 0 Å². The molecule has 1 aromatic heterocycles. The van der Waals surface area contributed by atoms with E-state index in [1.807, 2.05) is 6.92 Å². The minimum Gasteiger partial charge on any atom is -0.475 e. The lowest BCUT2D eigenvalue weighted by Gasteiger charge is -2.33. The highest BCUT2D eigenvalue weighted by Gasteiger charge is 2.29. The Kier molecular flexibility index (Phi) is 4.04. The number of primary amides is 1. The lowest BCUT2D eigenvalue weighted by Crippen LogP contribution is -2.47. The fourth-order valence-electron chi connectivity index (χ4n) is 2.55. The van der Waals surface area contributed by atoms with E-state index >= 15 is 0 Å². The van der Waals surface area contributed by atoms with E-state index in [-0.39, 0.29) is 5.54 Å². The van der Waals surface area contributed by atoms with Crippen molar-refractivity contribution in [2.24, 2.45) is 11.5 Å². The maximum Gasteiger partial charge on any atom is 0.254 e. The number of nitrogens with two attached hydrogens (primary N) is 2. The number of ether oxygens (including phenoxy) is 1. The molecule has 2 rings (SSSR count). The van der Waals surface area contributed by atoms with Crippen LogP contribution in [0.5, 0.6) is 5.88 Å². The van der Waals surface area contributed by atoms with Crippen molar-refractivity contribution < 1.29 is 9.53 Å². The van der Waals surface area contributed by atoms with E-state index in [4.69, 9.17) is 16.2 Å². The Labute approximate surface area is 113 Å². The summed E-state index contributed by atoms with van der Waals surface area (Å²) in [5.41, 5.74) is 12.5. The van der Waals surface area contributed by atoms with Gasteiger partial charge in [0.25, 0.3) is 5.91 Å². The number of aryl methyl sites for hydroxylation is 1. The Morgan fingerprint density at radius 1 is 1.42 bits per heavy atom. The van der Waals surface area contributed by atoms with Gasteiger partial charge in [0.1, 0.15) is 12.2 Å². The van der Waals surface area contributed by atoms with E-state index in [1.165, 1.54) is 6.42 Å². The molecule has 0 spiro atoms. The zero-order chi connectivity index (χ0) is 13.9. The average Bonchev–Trinajstić information content (AvgIpc) is 2.37. The second-order valence-corrected chi connectivity index (χ2v) is 5.38. The van der Waals surface area contributed by atoms with Gasteiger partial charge < -0.3 is 16.2 Å². The number of rotatable bonds is 4. The molecule has 1 heterocycles. The number of carbonyl (C=O) groups is 1. The first-order chi connectivity index (χ1) is 9.02. The lowest BCUT2D eigenvalue weighted by atomic mass is 9.83. The molecule has 1 aromatic rings. The van der Waals surface area contributed by atoms with Crippen LogP contribution in [-0.2, 0) is 0 Å². The van der Waals surface area contributed by atoms with Crippen molar-refractivity contribution in [3.8, 4) is 5.88 Å². The van der Waals surface area contributed by atoms with Gasteiger partial charge in [-0.1, -0.05) is 19.3 Å².